The van der Waals surface area contributed by atoms with Gasteiger partial charge in [0.05, 0.1) is 30.5 Å². The molecule has 1 aliphatic rings. The van der Waals surface area contributed by atoms with Crippen LogP contribution in [0.5, 0.6) is 0 Å². The first kappa shape index (κ1) is 24.4. The van der Waals surface area contributed by atoms with Gasteiger partial charge in [0, 0.05) is 54.6 Å². The van der Waals surface area contributed by atoms with Gasteiger partial charge in [0.15, 0.2) is 0 Å². The van der Waals surface area contributed by atoms with Crippen molar-refractivity contribution in [2.75, 3.05) is 19.7 Å². The van der Waals surface area contributed by atoms with Gasteiger partial charge in [0.2, 0.25) is 0 Å². The second-order valence-electron chi connectivity index (χ2n) is 9.46. The highest BCUT2D eigenvalue weighted by molar-refractivity contribution is 6.31. The summed E-state index contributed by atoms with van der Waals surface area (Å²) in [5, 5.41) is 8.39. The molecule has 1 atom stereocenters. The number of aromatic nitrogens is 5. The predicted molar refractivity (Wildman–Crippen MR) is 139 cm³/mol. The number of ether oxygens (including phenoxy) is 1. The summed E-state index contributed by atoms with van der Waals surface area (Å²) in [4.78, 5) is 30.0. The highest BCUT2D eigenvalue weighted by atomic mass is 35.5. The molecular weight excluding hydrogens is 480 g/mol. The van der Waals surface area contributed by atoms with Gasteiger partial charge in [-0.3, -0.25) is 13.9 Å². The van der Waals surface area contributed by atoms with E-state index in [1.54, 1.807) is 15.3 Å². The van der Waals surface area contributed by atoms with Gasteiger partial charge in [-0.25, -0.2) is 14.3 Å². The maximum atomic E-state index is 12.9. The molecule has 5 rings (SSSR count). The number of hydrogen-bond donors (Lipinski definition) is 1. The van der Waals surface area contributed by atoms with Crippen molar-refractivity contribution in [3.63, 3.8) is 0 Å². The second kappa shape index (κ2) is 10.0. The predicted octanol–water partition coefficient (Wildman–Crippen LogP) is 2.84. The first-order valence-electron chi connectivity index (χ1n) is 12.1. The molecule has 9 nitrogen and oxygen atoms in total. The summed E-state index contributed by atoms with van der Waals surface area (Å²) in [6.07, 6.45) is 5.66. The van der Waals surface area contributed by atoms with Crippen LogP contribution in [0.4, 0.5) is 0 Å². The number of halogens is 1. The standard InChI is InChI=1S/C26H29ClN6O3/c1-16(2)31-6-4-24(34)32(26(31)35)13-18-9-23-25(29-15-30-33(23)14-18)22-10-19(27)8-17(3)21(22)11-20-12-28-5-7-36-20/h4,6,8-10,14-16,20,28H,5,7,11-13H2,1-3H3/t20-/m1/s1. The van der Waals surface area contributed by atoms with Crippen LogP contribution < -0.4 is 16.6 Å². The minimum atomic E-state index is -0.340. The summed E-state index contributed by atoms with van der Waals surface area (Å²) < 4.78 is 10.5. The Balaban J connectivity index is 1.58. The molecule has 36 heavy (non-hydrogen) atoms. The van der Waals surface area contributed by atoms with E-state index in [0.717, 1.165) is 53.0 Å². The third-order valence-corrected chi connectivity index (χ3v) is 6.80. The van der Waals surface area contributed by atoms with Crippen LogP contribution in [0.15, 0.2) is 52.6 Å². The summed E-state index contributed by atoms with van der Waals surface area (Å²) in [5.41, 5.74) is 4.71. The van der Waals surface area contributed by atoms with Crippen LogP contribution in [0, 0.1) is 6.92 Å². The number of aryl methyl sites for hydroxylation is 1. The quantitative estimate of drug-likeness (QED) is 0.430. The Labute approximate surface area is 213 Å². The lowest BCUT2D eigenvalue weighted by Gasteiger charge is -2.25. The summed E-state index contributed by atoms with van der Waals surface area (Å²) in [7, 11) is 0. The second-order valence-corrected chi connectivity index (χ2v) is 9.90. The Morgan fingerprint density at radius 3 is 2.83 bits per heavy atom. The Hall–Kier alpha value is -3.27. The number of benzene rings is 1. The number of rotatable bonds is 6. The molecule has 0 radical (unpaired) electrons. The monoisotopic (exact) mass is 508 g/mol. The molecule has 188 valence electrons. The molecule has 0 aliphatic carbocycles. The van der Waals surface area contributed by atoms with Crippen LogP contribution in [0.25, 0.3) is 16.8 Å². The molecule has 1 aliphatic heterocycles. The maximum absolute atomic E-state index is 12.9. The number of fused-ring (bicyclic) bond motifs is 1. The van der Waals surface area contributed by atoms with Gasteiger partial charge >= 0.3 is 5.69 Å². The summed E-state index contributed by atoms with van der Waals surface area (Å²) >= 11 is 6.48. The summed E-state index contributed by atoms with van der Waals surface area (Å²) in [6.45, 7) is 8.32. The van der Waals surface area contributed by atoms with Gasteiger partial charge in [0.1, 0.15) is 6.33 Å². The molecule has 10 heteroatoms. The number of nitrogens with zero attached hydrogens (tertiary/aromatic N) is 5. The zero-order chi connectivity index (χ0) is 25.4. The molecule has 1 saturated heterocycles. The SMILES string of the molecule is Cc1cc(Cl)cc(-c2ncnn3cc(Cn4c(=O)ccn(C(C)C)c4=O)cc23)c1C[C@@H]1CNCCO1. The van der Waals surface area contributed by atoms with E-state index in [1.165, 1.54) is 17.0 Å². The minimum absolute atomic E-state index is 0.0530. The topological polar surface area (TPSA) is 95.5 Å². The van der Waals surface area contributed by atoms with E-state index in [4.69, 9.17) is 16.3 Å². The zero-order valence-electron chi connectivity index (χ0n) is 20.6. The highest BCUT2D eigenvalue weighted by Gasteiger charge is 2.21. The van der Waals surface area contributed by atoms with Gasteiger partial charge < -0.3 is 10.1 Å². The Kier molecular flexibility index (Phi) is 6.79. The van der Waals surface area contributed by atoms with Crippen molar-refractivity contribution in [1.82, 2.24) is 29.0 Å². The Morgan fingerprint density at radius 1 is 1.25 bits per heavy atom. The molecule has 0 spiro atoms. The van der Waals surface area contributed by atoms with Crippen molar-refractivity contribution < 1.29 is 4.74 Å². The lowest BCUT2D eigenvalue weighted by molar-refractivity contribution is 0.0292. The van der Waals surface area contributed by atoms with Crippen LogP contribution in [-0.4, -0.2) is 49.5 Å². The number of hydrogen-bond acceptors (Lipinski definition) is 6. The normalized spacial score (nSPS) is 16.2. The molecule has 0 bridgehead atoms. The molecule has 0 unspecified atom stereocenters. The fraction of sp³-hybridized carbons (Fsp3) is 0.385. The van der Waals surface area contributed by atoms with E-state index in [2.05, 4.69) is 15.4 Å². The van der Waals surface area contributed by atoms with Crippen LogP contribution in [-0.2, 0) is 17.7 Å². The van der Waals surface area contributed by atoms with E-state index in [0.29, 0.717) is 11.6 Å². The van der Waals surface area contributed by atoms with Crippen LogP contribution in [0.3, 0.4) is 0 Å². The largest absolute Gasteiger partial charge is 0.375 e. The van der Waals surface area contributed by atoms with Crippen molar-refractivity contribution in [2.24, 2.45) is 0 Å². The van der Waals surface area contributed by atoms with E-state index >= 15 is 0 Å². The fourth-order valence-electron chi connectivity index (χ4n) is 4.76. The number of nitrogens with one attached hydrogen (secondary N) is 1. The molecule has 0 amide bonds. The van der Waals surface area contributed by atoms with Gasteiger partial charge in [0.25, 0.3) is 5.56 Å². The smallest absolute Gasteiger partial charge is 0.331 e. The molecule has 1 aromatic carbocycles. The van der Waals surface area contributed by atoms with Gasteiger partial charge in [-0.2, -0.15) is 5.10 Å². The van der Waals surface area contributed by atoms with E-state index in [-0.39, 0.29) is 29.9 Å². The summed E-state index contributed by atoms with van der Waals surface area (Å²) in [5.74, 6) is 0. The van der Waals surface area contributed by atoms with Crippen molar-refractivity contribution in [1.29, 1.82) is 0 Å². The van der Waals surface area contributed by atoms with Crippen molar-refractivity contribution in [3.8, 4) is 11.3 Å². The molecule has 4 heterocycles. The first-order valence-corrected chi connectivity index (χ1v) is 12.5. The fourth-order valence-corrected chi connectivity index (χ4v) is 5.04. The lowest BCUT2D eigenvalue weighted by atomic mass is 9.94. The molecule has 0 saturated carbocycles. The van der Waals surface area contributed by atoms with Crippen molar-refractivity contribution in [2.45, 2.75) is 45.9 Å². The number of morpholine rings is 1. The third kappa shape index (κ3) is 4.74. The Morgan fingerprint density at radius 2 is 2.08 bits per heavy atom. The average molecular weight is 509 g/mol. The molecule has 4 aromatic rings. The van der Waals surface area contributed by atoms with Crippen LogP contribution in [0.1, 0.15) is 36.6 Å². The van der Waals surface area contributed by atoms with Crippen LogP contribution in [0.2, 0.25) is 5.02 Å². The van der Waals surface area contributed by atoms with E-state index in [1.807, 2.05) is 45.2 Å². The molecule has 1 N–H and O–H groups in total. The van der Waals surface area contributed by atoms with Crippen LogP contribution >= 0.6 is 11.6 Å². The first-order chi connectivity index (χ1) is 17.3. The third-order valence-electron chi connectivity index (χ3n) is 6.58. The van der Waals surface area contributed by atoms with Gasteiger partial charge in [-0.05, 0) is 55.7 Å². The van der Waals surface area contributed by atoms with Crippen molar-refractivity contribution in [3.05, 3.63) is 85.5 Å². The average Bonchev–Trinajstić information content (AvgIpc) is 3.26. The van der Waals surface area contributed by atoms with E-state index < -0.39 is 0 Å². The molecule has 3 aromatic heterocycles. The lowest BCUT2D eigenvalue weighted by Crippen LogP contribution is -2.39. The molecule has 1 fully saturated rings. The zero-order valence-corrected chi connectivity index (χ0v) is 21.3. The maximum Gasteiger partial charge on any atom is 0.331 e. The minimum Gasteiger partial charge on any atom is -0.375 e. The Bertz CT molecular complexity index is 1530. The van der Waals surface area contributed by atoms with E-state index in [9.17, 15) is 9.59 Å². The molecular formula is C26H29ClN6O3. The summed E-state index contributed by atoms with van der Waals surface area (Å²) in [6, 6.07) is 7.18. The van der Waals surface area contributed by atoms with Gasteiger partial charge in [-0.1, -0.05) is 11.6 Å². The van der Waals surface area contributed by atoms with Crippen molar-refractivity contribution >= 4 is 17.1 Å². The van der Waals surface area contributed by atoms with Gasteiger partial charge in [-0.15, -0.1) is 0 Å². The highest BCUT2D eigenvalue weighted by Crippen LogP contribution is 2.33.